The number of piperidine rings is 1. The third kappa shape index (κ3) is 3.92. The average molecular weight is 219 g/mol. The zero-order valence-corrected chi connectivity index (χ0v) is 9.41. The van der Waals surface area contributed by atoms with Gasteiger partial charge in [-0.15, -0.1) is 6.42 Å². The van der Waals surface area contributed by atoms with Crippen LogP contribution in [0.3, 0.4) is 0 Å². The van der Waals surface area contributed by atoms with Gasteiger partial charge < -0.3 is 4.90 Å². The number of terminal acetylenes is 1. The summed E-state index contributed by atoms with van der Waals surface area (Å²) in [5.41, 5.74) is 0. The molecule has 16 heavy (non-hydrogen) atoms. The molecule has 1 fully saturated rings. The molecule has 0 radical (unpaired) electrons. The Kier molecular flexibility index (Phi) is 5.39. The quantitative estimate of drug-likeness (QED) is 0.701. The molecule has 1 atom stereocenters. The number of rotatable bonds is 4. The van der Waals surface area contributed by atoms with Gasteiger partial charge in [-0.2, -0.15) is 5.26 Å². The minimum atomic E-state index is -0.467. The molecule has 1 aliphatic rings. The molecule has 0 aromatic rings. The summed E-state index contributed by atoms with van der Waals surface area (Å²) in [5.74, 6) is 2.45. The minimum absolute atomic E-state index is 0.0516. The zero-order chi connectivity index (χ0) is 11.8. The molecule has 0 aliphatic carbocycles. The number of nitrogens with one attached hydrogen (secondary N) is 1. The minimum Gasteiger partial charge on any atom is -0.343 e. The van der Waals surface area contributed by atoms with E-state index in [2.05, 4.69) is 17.3 Å². The fraction of sp³-hybridized carbons (Fsp3) is 0.667. The van der Waals surface area contributed by atoms with Crippen molar-refractivity contribution in [3.05, 3.63) is 0 Å². The molecule has 4 heteroatoms. The topological polar surface area (TPSA) is 56.1 Å². The second-order valence-corrected chi connectivity index (χ2v) is 3.91. The third-order valence-electron chi connectivity index (χ3n) is 2.69. The van der Waals surface area contributed by atoms with E-state index in [0.29, 0.717) is 6.54 Å². The molecule has 4 nitrogen and oxygen atoms in total. The van der Waals surface area contributed by atoms with E-state index in [1.807, 2.05) is 4.90 Å². The van der Waals surface area contributed by atoms with Crippen molar-refractivity contribution in [3.8, 4) is 18.4 Å². The van der Waals surface area contributed by atoms with Gasteiger partial charge in [0.2, 0.25) is 5.91 Å². The summed E-state index contributed by atoms with van der Waals surface area (Å²) in [6.07, 6.45) is 8.64. The van der Waals surface area contributed by atoms with Gasteiger partial charge in [0.1, 0.15) is 6.04 Å². The Morgan fingerprint density at radius 1 is 1.44 bits per heavy atom. The van der Waals surface area contributed by atoms with Crippen LogP contribution in [0, 0.1) is 23.7 Å². The van der Waals surface area contributed by atoms with Crippen LogP contribution in [-0.2, 0) is 4.79 Å². The second kappa shape index (κ2) is 6.87. The van der Waals surface area contributed by atoms with Crippen molar-refractivity contribution < 1.29 is 4.79 Å². The van der Waals surface area contributed by atoms with Crippen molar-refractivity contribution in [2.24, 2.45) is 0 Å². The Morgan fingerprint density at radius 2 is 2.12 bits per heavy atom. The van der Waals surface area contributed by atoms with E-state index in [0.717, 1.165) is 25.9 Å². The second-order valence-electron chi connectivity index (χ2n) is 3.91. The Hall–Kier alpha value is -1.52. The van der Waals surface area contributed by atoms with Gasteiger partial charge in [0, 0.05) is 13.1 Å². The molecule has 1 aliphatic heterocycles. The number of amides is 1. The lowest BCUT2D eigenvalue weighted by atomic mass is 10.1. The van der Waals surface area contributed by atoms with Crippen LogP contribution in [0.1, 0.15) is 25.7 Å². The van der Waals surface area contributed by atoms with Crippen LogP contribution >= 0.6 is 0 Å². The molecule has 0 bridgehead atoms. The van der Waals surface area contributed by atoms with E-state index in [1.165, 1.54) is 6.42 Å². The highest BCUT2D eigenvalue weighted by Crippen LogP contribution is 2.10. The van der Waals surface area contributed by atoms with Crippen molar-refractivity contribution in [2.75, 3.05) is 19.6 Å². The predicted molar refractivity (Wildman–Crippen MR) is 61.3 cm³/mol. The number of nitrogens with zero attached hydrogens (tertiary/aromatic N) is 2. The Morgan fingerprint density at radius 3 is 2.69 bits per heavy atom. The molecule has 1 amide bonds. The Labute approximate surface area is 96.6 Å². The highest BCUT2D eigenvalue weighted by Gasteiger charge is 2.19. The lowest BCUT2D eigenvalue weighted by Gasteiger charge is -2.27. The third-order valence-corrected chi connectivity index (χ3v) is 2.69. The number of likely N-dealkylation sites (tertiary alicyclic amines) is 1. The van der Waals surface area contributed by atoms with Crippen LogP contribution in [0.2, 0.25) is 0 Å². The van der Waals surface area contributed by atoms with E-state index in [1.54, 1.807) is 0 Å². The van der Waals surface area contributed by atoms with Gasteiger partial charge in [-0.3, -0.25) is 10.1 Å². The predicted octanol–water partition coefficient (Wildman–Crippen LogP) is 0.504. The summed E-state index contributed by atoms with van der Waals surface area (Å²) in [5, 5.41) is 11.7. The van der Waals surface area contributed by atoms with E-state index >= 15 is 0 Å². The van der Waals surface area contributed by atoms with Gasteiger partial charge >= 0.3 is 0 Å². The van der Waals surface area contributed by atoms with E-state index < -0.39 is 6.04 Å². The van der Waals surface area contributed by atoms with E-state index in [-0.39, 0.29) is 12.3 Å². The van der Waals surface area contributed by atoms with Gasteiger partial charge in [-0.05, 0) is 19.3 Å². The molecular formula is C12H17N3O. The van der Waals surface area contributed by atoms with Crippen LogP contribution in [0.25, 0.3) is 0 Å². The molecule has 0 aromatic heterocycles. The number of carbonyl (C=O) groups is 1. The van der Waals surface area contributed by atoms with Crippen molar-refractivity contribution in [1.29, 1.82) is 5.26 Å². The first-order valence-electron chi connectivity index (χ1n) is 5.62. The summed E-state index contributed by atoms with van der Waals surface area (Å²) >= 11 is 0. The summed E-state index contributed by atoms with van der Waals surface area (Å²) in [7, 11) is 0. The van der Waals surface area contributed by atoms with Gasteiger partial charge in [-0.25, -0.2) is 0 Å². The number of hydrogen-bond donors (Lipinski definition) is 1. The van der Waals surface area contributed by atoms with Crippen LogP contribution in [-0.4, -0.2) is 36.5 Å². The normalized spacial score (nSPS) is 17.2. The first-order chi connectivity index (χ1) is 7.77. The maximum absolute atomic E-state index is 11.8. The lowest BCUT2D eigenvalue weighted by Crippen LogP contribution is -2.40. The SMILES string of the molecule is C#CCNC(C#N)CC(=O)N1CCCCC1. The maximum atomic E-state index is 11.8. The standard InChI is InChI=1S/C12H17N3O/c1-2-6-14-11(10-13)9-12(16)15-7-4-3-5-8-15/h1,11,14H,3-9H2. The van der Waals surface area contributed by atoms with Crippen LogP contribution in [0.4, 0.5) is 0 Å². The molecular weight excluding hydrogens is 202 g/mol. The highest BCUT2D eigenvalue weighted by atomic mass is 16.2. The Balaban J connectivity index is 2.36. The molecule has 1 heterocycles. The van der Waals surface area contributed by atoms with Gasteiger partial charge in [0.05, 0.1) is 19.0 Å². The fourth-order valence-corrected chi connectivity index (χ4v) is 1.79. The van der Waals surface area contributed by atoms with Crippen molar-refractivity contribution in [3.63, 3.8) is 0 Å². The van der Waals surface area contributed by atoms with E-state index in [4.69, 9.17) is 11.7 Å². The summed E-state index contributed by atoms with van der Waals surface area (Å²) in [6, 6.07) is 1.59. The smallest absolute Gasteiger partial charge is 0.225 e. The number of nitriles is 1. The van der Waals surface area contributed by atoms with Crippen molar-refractivity contribution in [2.45, 2.75) is 31.7 Å². The molecule has 1 rings (SSSR count). The zero-order valence-electron chi connectivity index (χ0n) is 9.41. The fourth-order valence-electron chi connectivity index (χ4n) is 1.79. The molecule has 0 saturated carbocycles. The highest BCUT2D eigenvalue weighted by molar-refractivity contribution is 5.77. The number of hydrogen-bond acceptors (Lipinski definition) is 3. The Bertz CT molecular complexity index is 307. The number of carbonyl (C=O) groups excluding carboxylic acids is 1. The van der Waals surface area contributed by atoms with Crippen LogP contribution in [0.15, 0.2) is 0 Å². The first kappa shape index (κ1) is 12.5. The van der Waals surface area contributed by atoms with Gasteiger partial charge in [0.15, 0.2) is 0 Å². The molecule has 1 saturated heterocycles. The molecule has 0 spiro atoms. The van der Waals surface area contributed by atoms with Crippen LogP contribution < -0.4 is 5.32 Å². The summed E-state index contributed by atoms with van der Waals surface area (Å²) in [6.45, 7) is 1.98. The molecule has 86 valence electrons. The van der Waals surface area contributed by atoms with Crippen molar-refractivity contribution in [1.82, 2.24) is 10.2 Å². The van der Waals surface area contributed by atoms with E-state index in [9.17, 15) is 4.79 Å². The lowest BCUT2D eigenvalue weighted by molar-refractivity contribution is -0.132. The van der Waals surface area contributed by atoms with Crippen LogP contribution in [0.5, 0.6) is 0 Å². The first-order valence-corrected chi connectivity index (χ1v) is 5.62. The molecule has 1 unspecified atom stereocenters. The summed E-state index contributed by atoms with van der Waals surface area (Å²) in [4.78, 5) is 13.7. The molecule has 0 aromatic carbocycles. The monoisotopic (exact) mass is 219 g/mol. The molecule has 1 N–H and O–H groups in total. The average Bonchev–Trinajstić information content (AvgIpc) is 2.35. The van der Waals surface area contributed by atoms with Crippen molar-refractivity contribution >= 4 is 5.91 Å². The van der Waals surface area contributed by atoms with Gasteiger partial charge in [0.25, 0.3) is 0 Å². The maximum Gasteiger partial charge on any atom is 0.225 e. The largest absolute Gasteiger partial charge is 0.343 e. The summed E-state index contributed by atoms with van der Waals surface area (Å²) < 4.78 is 0. The van der Waals surface area contributed by atoms with Gasteiger partial charge in [-0.1, -0.05) is 5.92 Å².